The van der Waals surface area contributed by atoms with Gasteiger partial charge in [0.15, 0.2) is 0 Å². The maximum atomic E-state index is 13.2. The predicted octanol–water partition coefficient (Wildman–Crippen LogP) is 2.69. The second kappa shape index (κ2) is 6.07. The Morgan fingerprint density at radius 3 is 2.48 bits per heavy atom. The molecule has 6 nitrogen and oxygen atoms in total. The molecule has 0 unspecified atom stereocenters. The lowest BCUT2D eigenvalue weighted by Crippen LogP contribution is -2.32. The highest BCUT2D eigenvalue weighted by Crippen LogP contribution is 2.40. The monoisotopic (exact) mass is 361 g/mol. The first kappa shape index (κ1) is 17.3. The summed E-state index contributed by atoms with van der Waals surface area (Å²) in [6.07, 6.45) is 0. The van der Waals surface area contributed by atoms with Crippen molar-refractivity contribution in [3.05, 3.63) is 53.1 Å². The SMILES string of the molecule is COc1ccc(S(=O)(=O)N2C[C@H](C(=O)O)c3ccccc32)c(C)c1C. The number of aliphatic carboxylic acids is 1. The lowest BCUT2D eigenvalue weighted by atomic mass is 10.0. The smallest absolute Gasteiger partial charge is 0.312 e. The summed E-state index contributed by atoms with van der Waals surface area (Å²) in [5.41, 5.74) is 2.27. The molecular weight excluding hydrogens is 342 g/mol. The van der Waals surface area contributed by atoms with Crippen LogP contribution in [0.3, 0.4) is 0 Å². The highest BCUT2D eigenvalue weighted by molar-refractivity contribution is 7.93. The van der Waals surface area contributed by atoms with Gasteiger partial charge in [0, 0.05) is 0 Å². The number of sulfonamides is 1. The van der Waals surface area contributed by atoms with Gasteiger partial charge in [0.25, 0.3) is 10.0 Å². The molecule has 25 heavy (non-hydrogen) atoms. The molecule has 0 amide bonds. The van der Waals surface area contributed by atoms with Crippen LogP contribution < -0.4 is 9.04 Å². The van der Waals surface area contributed by atoms with Crippen molar-refractivity contribution in [1.29, 1.82) is 0 Å². The van der Waals surface area contributed by atoms with Crippen molar-refractivity contribution in [3.63, 3.8) is 0 Å². The summed E-state index contributed by atoms with van der Waals surface area (Å²) in [5.74, 6) is -1.29. The summed E-state index contributed by atoms with van der Waals surface area (Å²) in [6, 6.07) is 9.85. The number of carboxylic acids is 1. The average molecular weight is 361 g/mol. The molecule has 0 aromatic heterocycles. The fourth-order valence-electron chi connectivity index (χ4n) is 3.20. The standard InChI is InChI=1S/C18H19NO5S/c1-11-12(2)17(9-8-16(11)24-3)25(22,23)19-10-14(18(20)21)13-6-4-5-7-15(13)19/h4-9,14H,10H2,1-3H3,(H,20,21)/t14-/m0/s1. The van der Waals surface area contributed by atoms with E-state index >= 15 is 0 Å². The molecular formula is C18H19NO5S. The summed E-state index contributed by atoms with van der Waals surface area (Å²) in [6.45, 7) is 3.41. The Morgan fingerprint density at radius 1 is 1.16 bits per heavy atom. The fourth-order valence-corrected chi connectivity index (χ4v) is 4.99. The zero-order valence-corrected chi connectivity index (χ0v) is 15.0. The first-order chi connectivity index (χ1) is 11.8. The number of fused-ring (bicyclic) bond motifs is 1. The van der Waals surface area contributed by atoms with Crippen molar-refractivity contribution in [1.82, 2.24) is 0 Å². The average Bonchev–Trinajstić information content (AvgIpc) is 2.97. The van der Waals surface area contributed by atoms with Crippen LogP contribution in [-0.4, -0.2) is 33.1 Å². The Morgan fingerprint density at radius 2 is 1.84 bits per heavy atom. The molecule has 0 radical (unpaired) electrons. The van der Waals surface area contributed by atoms with Crippen LogP contribution in [0, 0.1) is 13.8 Å². The van der Waals surface area contributed by atoms with Gasteiger partial charge in [-0.05, 0) is 48.7 Å². The van der Waals surface area contributed by atoms with Gasteiger partial charge in [0.1, 0.15) is 11.7 Å². The van der Waals surface area contributed by atoms with E-state index in [2.05, 4.69) is 0 Å². The third kappa shape index (κ3) is 2.64. The molecule has 0 spiro atoms. The Kier molecular flexibility index (Phi) is 4.20. The minimum absolute atomic E-state index is 0.110. The van der Waals surface area contributed by atoms with Gasteiger partial charge >= 0.3 is 5.97 Å². The Labute approximate surface area is 146 Å². The van der Waals surface area contributed by atoms with Crippen LogP contribution >= 0.6 is 0 Å². The second-order valence-electron chi connectivity index (χ2n) is 6.00. The van der Waals surface area contributed by atoms with Crippen molar-refractivity contribution in [2.24, 2.45) is 0 Å². The van der Waals surface area contributed by atoms with E-state index in [0.29, 0.717) is 22.6 Å². The maximum Gasteiger partial charge on any atom is 0.312 e. The maximum absolute atomic E-state index is 13.2. The van der Waals surface area contributed by atoms with E-state index in [9.17, 15) is 18.3 Å². The van der Waals surface area contributed by atoms with E-state index in [1.165, 1.54) is 17.5 Å². The van der Waals surface area contributed by atoms with E-state index in [4.69, 9.17) is 4.74 Å². The predicted molar refractivity (Wildman–Crippen MR) is 93.8 cm³/mol. The minimum Gasteiger partial charge on any atom is -0.496 e. The van der Waals surface area contributed by atoms with Crippen LogP contribution in [0.5, 0.6) is 5.75 Å². The minimum atomic E-state index is -3.88. The lowest BCUT2D eigenvalue weighted by Gasteiger charge is -2.22. The lowest BCUT2D eigenvalue weighted by molar-refractivity contribution is -0.138. The Balaban J connectivity index is 2.14. The molecule has 0 bridgehead atoms. The van der Waals surface area contributed by atoms with Gasteiger partial charge in [-0.1, -0.05) is 18.2 Å². The molecule has 1 heterocycles. The first-order valence-corrected chi connectivity index (χ1v) is 9.21. The van der Waals surface area contributed by atoms with Gasteiger partial charge < -0.3 is 9.84 Å². The van der Waals surface area contributed by atoms with Gasteiger partial charge in [-0.15, -0.1) is 0 Å². The zero-order valence-electron chi connectivity index (χ0n) is 14.2. The Hall–Kier alpha value is -2.54. The number of carbonyl (C=O) groups is 1. The highest BCUT2D eigenvalue weighted by atomic mass is 32.2. The number of carboxylic acid groups (broad SMARTS) is 1. The number of hydrogen-bond donors (Lipinski definition) is 1. The van der Waals surface area contributed by atoms with Crippen molar-refractivity contribution in [2.45, 2.75) is 24.7 Å². The molecule has 7 heteroatoms. The van der Waals surface area contributed by atoms with Crippen LogP contribution in [0.4, 0.5) is 5.69 Å². The van der Waals surface area contributed by atoms with E-state index < -0.39 is 21.9 Å². The van der Waals surface area contributed by atoms with Gasteiger partial charge in [0.05, 0.1) is 24.2 Å². The number of anilines is 1. The molecule has 2 aromatic carbocycles. The van der Waals surface area contributed by atoms with Crippen LogP contribution in [-0.2, 0) is 14.8 Å². The number of benzene rings is 2. The first-order valence-electron chi connectivity index (χ1n) is 7.77. The number of ether oxygens (including phenoxy) is 1. The molecule has 0 saturated heterocycles. The number of para-hydroxylation sites is 1. The molecule has 1 N–H and O–H groups in total. The second-order valence-corrected chi connectivity index (χ2v) is 7.83. The molecule has 0 saturated carbocycles. The van der Waals surface area contributed by atoms with E-state index in [1.54, 1.807) is 44.2 Å². The molecule has 0 fully saturated rings. The molecule has 2 aromatic rings. The van der Waals surface area contributed by atoms with Crippen molar-refractivity contribution < 1.29 is 23.1 Å². The number of methoxy groups -OCH3 is 1. The zero-order chi connectivity index (χ0) is 18.4. The molecule has 132 valence electrons. The summed E-state index contributed by atoms with van der Waals surface area (Å²) < 4.78 is 32.9. The molecule has 0 aliphatic carbocycles. The third-order valence-electron chi connectivity index (χ3n) is 4.70. The summed E-state index contributed by atoms with van der Waals surface area (Å²) in [5, 5.41) is 9.44. The fraction of sp³-hybridized carbons (Fsp3) is 0.278. The normalized spacial score (nSPS) is 16.6. The van der Waals surface area contributed by atoms with Crippen molar-refractivity contribution >= 4 is 21.7 Å². The van der Waals surface area contributed by atoms with E-state index in [0.717, 1.165) is 5.56 Å². The van der Waals surface area contributed by atoms with Crippen LogP contribution in [0.15, 0.2) is 41.3 Å². The number of nitrogens with zero attached hydrogens (tertiary/aromatic N) is 1. The van der Waals surface area contributed by atoms with Gasteiger partial charge in [-0.25, -0.2) is 8.42 Å². The van der Waals surface area contributed by atoms with E-state index in [1.807, 2.05) is 0 Å². The van der Waals surface area contributed by atoms with Crippen molar-refractivity contribution in [2.75, 3.05) is 18.0 Å². The molecule has 3 rings (SSSR count). The molecule has 1 aliphatic rings. The van der Waals surface area contributed by atoms with E-state index in [-0.39, 0.29) is 11.4 Å². The summed E-state index contributed by atoms with van der Waals surface area (Å²) >= 11 is 0. The summed E-state index contributed by atoms with van der Waals surface area (Å²) in [7, 11) is -2.35. The third-order valence-corrected chi connectivity index (χ3v) is 6.63. The number of rotatable bonds is 4. The van der Waals surface area contributed by atoms with Gasteiger partial charge in [-0.2, -0.15) is 0 Å². The number of hydrogen-bond acceptors (Lipinski definition) is 4. The quantitative estimate of drug-likeness (QED) is 0.905. The highest BCUT2D eigenvalue weighted by Gasteiger charge is 2.40. The molecule has 1 aliphatic heterocycles. The van der Waals surface area contributed by atoms with Gasteiger partial charge in [-0.3, -0.25) is 9.10 Å². The largest absolute Gasteiger partial charge is 0.496 e. The van der Waals surface area contributed by atoms with Crippen LogP contribution in [0.1, 0.15) is 22.6 Å². The summed E-state index contributed by atoms with van der Waals surface area (Å²) in [4.78, 5) is 11.7. The van der Waals surface area contributed by atoms with Crippen molar-refractivity contribution in [3.8, 4) is 5.75 Å². The topological polar surface area (TPSA) is 83.9 Å². The Bertz CT molecular complexity index is 952. The molecule has 1 atom stereocenters. The van der Waals surface area contributed by atoms with Crippen LogP contribution in [0.2, 0.25) is 0 Å². The van der Waals surface area contributed by atoms with Crippen LogP contribution in [0.25, 0.3) is 0 Å². The van der Waals surface area contributed by atoms with Gasteiger partial charge in [0.2, 0.25) is 0 Å².